The van der Waals surface area contributed by atoms with Crippen LogP contribution in [0.4, 0.5) is 5.69 Å². The van der Waals surface area contributed by atoms with Crippen molar-refractivity contribution in [3.63, 3.8) is 0 Å². The summed E-state index contributed by atoms with van der Waals surface area (Å²) in [5.74, 6) is 0.499. The van der Waals surface area contributed by atoms with Crippen LogP contribution in [0.25, 0.3) is 0 Å². The Kier molecular flexibility index (Phi) is 6.81. The van der Waals surface area contributed by atoms with Crippen molar-refractivity contribution >= 4 is 23.4 Å². The zero-order valence-electron chi connectivity index (χ0n) is 21.0. The van der Waals surface area contributed by atoms with Crippen molar-refractivity contribution < 1.29 is 23.9 Å². The van der Waals surface area contributed by atoms with E-state index in [4.69, 9.17) is 9.47 Å². The lowest BCUT2D eigenvalue weighted by molar-refractivity contribution is 0.0642. The predicted octanol–water partition coefficient (Wildman–Crippen LogP) is 3.85. The molecule has 2 aliphatic heterocycles. The summed E-state index contributed by atoms with van der Waals surface area (Å²) in [6.45, 7) is 2.82. The smallest absolute Gasteiger partial charge is 0.261 e. The summed E-state index contributed by atoms with van der Waals surface area (Å²) in [4.78, 5) is 44.6. The van der Waals surface area contributed by atoms with Crippen LogP contribution in [0, 0.1) is 0 Å². The Bertz CT molecular complexity index is 1300. The van der Waals surface area contributed by atoms with Gasteiger partial charge in [0.15, 0.2) is 0 Å². The van der Waals surface area contributed by atoms with E-state index in [9.17, 15) is 14.4 Å². The number of nitrogens with zero attached hydrogens (tertiary/aromatic N) is 3. The van der Waals surface area contributed by atoms with Gasteiger partial charge in [-0.15, -0.1) is 0 Å². The molecule has 0 saturated carbocycles. The molecule has 0 radical (unpaired) electrons. The maximum absolute atomic E-state index is 13.6. The van der Waals surface area contributed by atoms with Crippen molar-refractivity contribution in [3.05, 3.63) is 89.0 Å². The summed E-state index contributed by atoms with van der Waals surface area (Å²) >= 11 is 0. The number of hydrogen-bond acceptors (Lipinski definition) is 6. The van der Waals surface area contributed by atoms with Gasteiger partial charge in [0.05, 0.1) is 37.5 Å². The third-order valence-electron chi connectivity index (χ3n) is 6.93. The molecule has 1 fully saturated rings. The molecule has 3 amide bonds. The van der Waals surface area contributed by atoms with Crippen LogP contribution in [0.3, 0.4) is 0 Å². The highest BCUT2D eigenvalue weighted by molar-refractivity contribution is 6.21. The van der Waals surface area contributed by atoms with E-state index in [0.29, 0.717) is 47.6 Å². The molecule has 0 atom stereocenters. The lowest BCUT2D eigenvalue weighted by Crippen LogP contribution is -2.35. The highest BCUT2D eigenvalue weighted by atomic mass is 16.5. The molecule has 37 heavy (non-hydrogen) atoms. The Morgan fingerprint density at radius 3 is 2.16 bits per heavy atom. The van der Waals surface area contributed by atoms with Gasteiger partial charge in [-0.25, -0.2) is 0 Å². The number of hydrogen-bond donors (Lipinski definition) is 0. The van der Waals surface area contributed by atoms with Gasteiger partial charge >= 0.3 is 0 Å². The predicted molar refractivity (Wildman–Crippen MR) is 139 cm³/mol. The van der Waals surface area contributed by atoms with Crippen LogP contribution in [-0.2, 0) is 6.54 Å². The maximum atomic E-state index is 13.6. The average Bonchev–Trinajstić information content (AvgIpc) is 3.10. The Morgan fingerprint density at radius 1 is 0.811 bits per heavy atom. The standard InChI is InChI=1S/C29H29N3O5/c1-36-22-11-9-21(10-12-22)30-14-5-15-31(17-16-30)27(33)25-18-20(8-13-26(25)37-2)19-32-28(34)23-6-3-4-7-24(23)29(32)35/h3-4,6-13,18H,5,14-17,19H2,1-2H3. The number of anilines is 1. The SMILES string of the molecule is COc1ccc(N2CCCN(C(=O)c3cc(CN4C(=O)c5ccccc5C4=O)ccc3OC)CC2)cc1. The van der Waals surface area contributed by atoms with Gasteiger partial charge in [0.2, 0.25) is 0 Å². The summed E-state index contributed by atoms with van der Waals surface area (Å²) in [7, 11) is 3.18. The maximum Gasteiger partial charge on any atom is 0.261 e. The fourth-order valence-electron chi connectivity index (χ4n) is 4.93. The summed E-state index contributed by atoms with van der Waals surface area (Å²) in [6.07, 6.45) is 0.828. The van der Waals surface area contributed by atoms with E-state index in [1.807, 2.05) is 29.2 Å². The molecule has 3 aromatic rings. The highest BCUT2D eigenvalue weighted by Crippen LogP contribution is 2.28. The topological polar surface area (TPSA) is 79.4 Å². The van der Waals surface area contributed by atoms with Crippen molar-refractivity contribution in [1.29, 1.82) is 0 Å². The van der Waals surface area contributed by atoms with Crippen LogP contribution in [0.1, 0.15) is 43.1 Å². The fraction of sp³-hybridized carbons (Fsp3) is 0.276. The minimum Gasteiger partial charge on any atom is -0.497 e. The molecule has 1 saturated heterocycles. The van der Waals surface area contributed by atoms with E-state index in [1.165, 1.54) is 12.0 Å². The molecule has 5 rings (SSSR count). The molecule has 0 bridgehead atoms. The molecule has 190 valence electrons. The van der Waals surface area contributed by atoms with Crippen LogP contribution in [-0.4, -0.2) is 67.9 Å². The number of ether oxygens (including phenoxy) is 2. The lowest BCUT2D eigenvalue weighted by Gasteiger charge is -2.24. The van der Waals surface area contributed by atoms with Gasteiger partial charge in [-0.3, -0.25) is 19.3 Å². The second-order valence-corrected chi connectivity index (χ2v) is 9.11. The van der Waals surface area contributed by atoms with Gasteiger partial charge in [-0.1, -0.05) is 18.2 Å². The second kappa shape index (κ2) is 10.3. The number of carbonyl (C=O) groups excluding carboxylic acids is 3. The Labute approximate surface area is 216 Å². The second-order valence-electron chi connectivity index (χ2n) is 9.11. The molecule has 8 nitrogen and oxygen atoms in total. The number of amides is 3. The van der Waals surface area contributed by atoms with Crippen molar-refractivity contribution in [2.75, 3.05) is 45.3 Å². The van der Waals surface area contributed by atoms with E-state index in [2.05, 4.69) is 4.90 Å². The summed E-state index contributed by atoms with van der Waals surface area (Å²) in [6, 6.07) is 20.0. The van der Waals surface area contributed by atoms with Crippen molar-refractivity contribution in [2.45, 2.75) is 13.0 Å². The molecule has 3 aromatic carbocycles. The number of fused-ring (bicyclic) bond motifs is 1. The molecule has 8 heteroatoms. The quantitative estimate of drug-likeness (QED) is 0.480. The Balaban J connectivity index is 1.32. The summed E-state index contributed by atoms with van der Waals surface area (Å²) < 4.78 is 10.8. The van der Waals surface area contributed by atoms with Gasteiger partial charge in [0.1, 0.15) is 11.5 Å². The summed E-state index contributed by atoms with van der Waals surface area (Å²) in [5, 5.41) is 0. The first-order valence-electron chi connectivity index (χ1n) is 12.3. The number of rotatable bonds is 6. The first-order valence-corrected chi connectivity index (χ1v) is 12.3. The van der Waals surface area contributed by atoms with Crippen LogP contribution >= 0.6 is 0 Å². The molecule has 2 aliphatic rings. The zero-order valence-corrected chi connectivity index (χ0v) is 21.0. The highest BCUT2D eigenvalue weighted by Gasteiger charge is 2.35. The summed E-state index contributed by atoms with van der Waals surface area (Å²) in [5.41, 5.74) is 3.02. The van der Waals surface area contributed by atoms with E-state index in [1.54, 1.807) is 49.6 Å². The largest absolute Gasteiger partial charge is 0.497 e. The van der Waals surface area contributed by atoms with Gasteiger partial charge in [0, 0.05) is 31.9 Å². The molecule has 2 heterocycles. The van der Waals surface area contributed by atoms with Crippen LogP contribution in [0.5, 0.6) is 11.5 Å². The van der Waals surface area contributed by atoms with Crippen LogP contribution in [0.2, 0.25) is 0 Å². The molecular formula is C29H29N3O5. The van der Waals surface area contributed by atoms with Crippen molar-refractivity contribution in [1.82, 2.24) is 9.80 Å². The molecule has 0 aliphatic carbocycles. The molecule has 0 spiro atoms. The first kappa shape index (κ1) is 24.4. The van der Waals surface area contributed by atoms with Crippen LogP contribution in [0.15, 0.2) is 66.7 Å². The lowest BCUT2D eigenvalue weighted by atomic mass is 10.1. The minimum atomic E-state index is -0.324. The van der Waals surface area contributed by atoms with E-state index >= 15 is 0 Å². The number of benzene rings is 3. The number of imide groups is 1. The third-order valence-corrected chi connectivity index (χ3v) is 6.93. The molecule has 0 N–H and O–H groups in total. The van der Waals surface area contributed by atoms with Gasteiger partial charge in [-0.05, 0) is 60.5 Å². The van der Waals surface area contributed by atoms with E-state index in [-0.39, 0.29) is 24.3 Å². The minimum absolute atomic E-state index is 0.0852. The number of methoxy groups -OCH3 is 2. The normalized spacial score (nSPS) is 15.5. The zero-order chi connectivity index (χ0) is 25.9. The van der Waals surface area contributed by atoms with Gasteiger partial charge < -0.3 is 19.3 Å². The molecule has 0 unspecified atom stereocenters. The molecular weight excluding hydrogens is 470 g/mol. The van der Waals surface area contributed by atoms with Crippen molar-refractivity contribution in [3.8, 4) is 11.5 Å². The monoisotopic (exact) mass is 499 g/mol. The Hall–Kier alpha value is -4.33. The average molecular weight is 500 g/mol. The van der Waals surface area contributed by atoms with Gasteiger partial charge in [0.25, 0.3) is 17.7 Å². The first-order chi connectivity index (χ1) is 18.0. The van der Waals surface area contributed by atoms with Crippen LogP contribution < -0.4 is 14.4 Å². The molecule has 0 aromatic heterocycles. The van der Waals surface area contributed by atoms with Crippen molar-refractivity contribution in [2.24, 2.45) is 0 Å². The van der Waals surface area contributed by atoms with Gasteiger partial charge in [-0.2, -0.15) is 0 Å². The fourth-order valence-corrected chi connectivity index (χ4v) is 4.93. The Morgan fingerprint density at radius 2 is 1.51 bits per heavy atom. The number of carbonyl (C=O) groups is 3. The van der Waals surface area contributed by atoms with E-state index < -0.39 is 0 Å². The van der Waals surface area contributed by atoms with E-state index in [0.717, 1.165) is 24.4 Å². The third kappa shape index (κ3) is 4.74.